The fraction of sp³-hybridized carbons (Fsp3) is 0.600. The largest absolute Gasteiger partial charge is 0.388 e. The van der Waals surface area contributed by atoms with Crippen molar-refractivity contribution in [3.8, 4) is 0 Å². The van der Waals surface area contributed by atoms with Gasteiger partial charge in [0.1, 0.15) is 0 Å². The lowest BCUT2D eigenvalue weighted by Gasteiger charge is -2.21. The summed E-state index contributed by atoms with van der Waals surface area (Å²) >= 11 is 5.83. The fourth-order valence-electron chi connectivity index (χ4n) is 1.97. The highest BCUT2D eigenvalue weighted by Crippen LogP contribution is 2.19. The predicted molar refractivity (Wildman–Crippen MR) is 78.1 cm³/mol. The van der Waals surface area contributed by atoms with Crippen LogP contribution in [0.1, 0.15) is 44.8 Å². The van der Waals surface area contributed by atoms with Gasteiger partial charge in [0.25, 0.3) is 0 Å². The highest BCUT2D eigenvalue weighted by Gasteiger charge is 2.09. The summed E-state index contributed by atoms with van der Waals surface area (Å²) in [5.74, 6) is 0. The molecule has 0 aromatic heterocycles. The molecule has 0 bridgehead atoms. The molecule has 0 aliphatic carbocycles. The van der Waals surface area contributed by atoms with Crippen molar-refractivity contribution in [2.24, 2.45) is 0 Å². The third-order valence-electron chi connectivity index (χ3n) is 3.25. The Morgan fingerprint density at radius 2 is 1.83 bits per heavy atom. The number of hydrogen-bond acceptors (Lipinski definition) is 2. The molecule has 1 aromatic rings. The van der Waals surface area contributed by atoms with E-state index in [4.69, 9.17) is 11.6 Å². The smallest absolute Gasteiger partial charge is 0.0802 e. The van der Waals surface area contributed by atoms with Crippen molar-refractivity contribution in [2.45, 2.75) is 39.2 Å². The van der Waals surface area contributed by atoms with Crippen LogP contribution < -0.4 is 0 Å². The summed E-state index contributed by atoms with van der Waals surface area (Å²) in [4.78, 5) is 2.39. The van der Waals surface area contributed by atoms with Crippen molar-refractivity contribution in [3.05, 3.63) is 34.9 Å². The van der Waals surface area contributed by atoms with Crippen LogP contribution in [0, 0.1) is 0 Å². The molecule has 1 unspecified atom stereocenters. The molecule has 2 nitrogen and oxygen atoms in total. The van der Waals surface area contributed by atoms with Crippen molar-refractivity contribution in [1.82, 2.24) is 4.90 Å². The Bertz CT molecular complexity index is 326. The molecule has 0 saturated carbocycles. The maximum atomic E-state index is 10.1. The number of unbranched alkanes of at least 4 members (excludes halogenated alkanes) is 1. The molecule has 0 spiro atoms. The molecular formula is C15H24ClNO. The predicted octanol–water partition coefficient (Wildman–Crippen LogP) is 3.89. The maximum absolute atomic E-state index is 10.1. The van der Waals surface area contributed by atoms with Crippen molar-refractivity contribution < 1.29 is 5.11 Å². The number of aliphatic hydroxyl groups is 1. The summed E-state index contributed by atoms with van der Waals surface area (Å²) in [5, 5.41) is 10.8. The first-order chi connectivity index (χ1) is 8.67. The zero-order valence-electron chi connectivity index (χ0n) is 11.4. The van der Waals surface area contributed by atoms with Gasteiger partial charge in [0, 0.05) is 11.6 Å². The average Bonchev–Trinajstić information content (AvgIpc) is 2.39. The molecule has 0 aliphatic rings. The van der Waals surface area contributed by atoms with E-state index in [0.29, 0.717) is 5.02 Å². The van der Waals surface area contributed by atoms with Crippen LogP contribution in [0.2, 0.25) is 5.02 Å². The lowest BCUT2D eigenvalue weighted by Crippen LogP contribution is -2.26. The summed E-state index contributed by atoms with van der Waals surface area (Å²) in [6.07, 6.45) is 2.83. The van der Waals surface area contributed by atoms with E-state index < -0.39 is 6.10 Å². The lowest BCUT2D eigenvalue weighted by molar-refractivity contribution is 0.143. The molecule has 0 saturated heterocycles. The van der Waals surface area contributed by atoms with Gasteiger partial charge in [-0.15, -0.1) is 0 Å². The van der Waals surface area contributed by atoms with Gasteiger partial charge in [-0.1, -0.05) is 44.0 Å². The van der Waals surface area contributed by atoms with Crippen LogP contribution in [0.5, 0.6) is 0 Å². The maximum Gasteiger partial charge on any atom is 0.0802 e. The number of aliphatic hydroxyl groups excluding tert-OH is 1. The van der Waals surface area contributed by atoms with E-state index in [0.717, 1.165) is 31.6 Å². The van der Waals surface area contributed by atoms with Crippen LogP contribution in [-0.4, -0.2) is 29.6 Å². The van der Waals surface area contributed by atoms with Crippen molar-refractivity contribution in [2.75, 3.05) is 19.6 Å². The Hall–Kier alpha value is -0.570. The summed E-state index contributed by atoms with van der Waals surface area (Å²) < 4.78 is 0. The first-order valence-corrected chi connectivity index (χ1v) is 7.21. The van der Waals surface area contributed by atoms with E-state index in [1.807, 2.05) is 24.3 Å². The van der Waals surface area contributed by atoms with Crippen LogP contribution in [0.15, 0.2) is 24.3 Å². The minimum Gasteiger partial charge on any atom is -0.388 e. The Kier molecular flexibility index (Phi) is 7.33. The first kappa shape index (κ1) is 15.5. The minimum atomic E-state index is -0.391. The van der Waals surface area contributed by atoms with Gasteiger partial charge >= 0.3 is 0 Å². The molecule has 0 amide bonds. The van der Waals surface area contributed by atoms with E-state index in [-0.39, 0.29) is 0 Å². The van der Waals surface area contributed by atoms with E-state index in [9.17, 15) is 5.11 Å². The summed E-state index contributed by atoms with van der Waals surface area (Å²) in [6.45, 7) is 7.49. The Morgan fingerprint density at radius 3 is 2.39 bits per heavy atom. The molecule has 0 heterocycles. The van der Waals surface area contributed by atoms with Gasteiger partial charge in [-0.2, -0.15) is 0 Å². The van der Waals surface area contributed by atoms with Crippen LogP contribution >= 0.6 is 11.6 Å². The van der Waals surface area contributed by atoms with Crippen LogP contribution in [-0.2, 0) is 0 Å². The second kappa shape index (κ2) is 8.52. The molecule has 3 heteroatoms. The van der Waals surface area contributed by atoms with Gasteiger partial charge in [-0.25, -0.2) is 0 Å². The van der Waals surface area contributed by atoms with Gasteiger partial charge < -0.3 is 10.0 Å². The van der Waals surface area contributed by atoms with E-state index in [2.05, 4.69) is 18.7 Å². The van der Waals surface area contributed by atoms with Gasteiger partial charge in [0.05, 0.1) is 6.10 Å². The van der Waals surface area contributed by atoms with E-state index in [1.165, 1.54) is 12.8 Å². The van der Waals surface area contributed by atoms with E-state index in [1.54, 1.807) is 0 Å². The van der Waals surface area contributed by atoms with Gasteiger partial charge in [0.15, 0.2) is 0 Å². The van der Waals surface area contributed by atoms with Crippen molar-refractivity contribution in [3.63, 3.8) is 0 Å². The second-order valence-corrected chi connectivity index (χ2v) is 5.08. The van der Waals surface area contributed by atoms with Crippen LogP contribution in [0.3, 0.4) is 0 Å². The van der Waals surface area contributed by atoms with Gasteiger partial charge in [-0.3, -0.25) is 0 Å². The molecule has 1 N–H and O–H groups in total. The van der Waals surface area contributed by atoms with E-state index >= 15 is 0 Å². The van der Waals surface area contributed by atoms with Gasteiger partial charge in [0.2, 0.25) is 0 Å². The highest BCUT2D eigenvalue weighted by atomic mass is 35.5. The normalized spacial score (nSPS) is 12.9. The summed E-state index contributed by atoms with van der Waals surface area (Å²) in [7, 11) is 0. The monoisotopic (exact) mass is 269 g/mol. The second-order valence-electron chi connectivity index (χ2n) is 4.64. The molecule has 0 aliphatic heterocycles. The Balaban J connectivity index is 2.39. The third kappa shape index (κ3) is 5.38. The quantitative estimate of drug-likeness (QED) is 0.774. The first-order valence-electron chi connectivity index (χ1n) is 6.83. The molecule has 102 valence electrons. The summed E-state index contributed by atoms with van der Waals surface area (Å²) in [6, 6.07) is 7.45. The van der Waals surface area contributed by atoms with Crippen molar-refractivity contribution >= 4 is 11.6 Å². The average molecular weight is 270 g/mol. The number of nitrogens with zero attached hydrogens (tertiary/aromatic N) is 1. The number of halogens is 1. The molecule has 0 radical (unpaired) electrons. The number of hydrogen-bond donors (Lipinski definition) is 1. The molecule has 18 heavy (non-hydrogen) atoms. The zero-order chi connectivity index (χ0) is 13.4. The van der Waals surface area contributed by atoms with Crippen molar-refractivity contribution in [1.29, 1.82) is 0 Å². The minimum absolute atomic E-state index is 0.391. The van der Waals surface area contributed by atoms with Crippen LogP contribution in [0.4, 0.5) is 0 Å². The summed E-state index contributed by atoms with van der Waals surface area (Å²) in [5.41, 5.74) is 0.950. The molecule has 1 rings (SSSR count). The van der Waals surface area contributed by atoms with Gasteiger partial charge in [-0.05, 0) is 43.6 Å². The molecular weight excluding hydrogens is 246 g/mol. The molecule has 1 atom stereocenters. The number of rotatable bonds is 8. The SMILES string of the molecule is CCCCN(CC)CCC(O)c1ccc(Cl)cc1. The molecule has 0 fully saturated rings. The Labute approximate surface area is 116 Å². The third-order valence-corrected chi connectivity index (χ3v) is 3.50. The van der Waals surface area contributed by atoms with Crippen LogP contribution in [0.25, 0.3) is 0 Å². The zero-order valence-corrected chi connectivity index (χ0v) is 12.2. The Morgan fingerprint density at radius 1 is 1.17 bits per heavy atom. The number of benzene rings is 1. The highest BCUT2D eigenvalue weighted by molar-refractivity contribution is 6.30. The fourth-order valence-corrected chi connectivity index (χ4v) is 2.09. The standard InChI is InChI=1S/C15H24ClNO/c1-3-5-11-17(4-2)12-10-15(18)13-6-8-14(16)9-7-13/h6-9,15,18H,3-5,10-12H2,1-2H3. The topological polar surface area (TPSA) is 23.5 Å². The lowest BCUT2D eigenvalue weighted by atomic mass is 10.1. The molecule has 1 aromatic carbocycles.